The molecule has 4 heteroatoms. The number of carbonyl (C=O) groups is 1. The van der Waals surface area contributed by atoms with E-state index < -0.39 is 0 Å². The van der Waals surface area contributed by atoms with Crippen LogP contribution in [0.15, 0.2) is 24.3 Å². The number of nitrogens with zero attached hydrogens (tertiary/aromatic N) is 1. The SMILES string of the molecule is CCOC1c2ccccc2C(=O)N1COC. The molecule has 0 saturated heterocycles. The van der Waals surface area contributed by atoms with Crippen molar-refractivity contribution in [3.63, 3.8) is 0 Å². The van der Waals surface area contributed by atoms with Crippen molar-refractivity contribution in [1.82, 2.24) is 4.90 Å². The fraction of sp³-hybridized carbons (Fsp3) is 0.417. The Balaban J connectivity index is 2.35. The van der Waals surface area contributed by atoms with Gasteiger partial charge in [-0.15, -0.1) is 0 Å². The number of methoxy groups -OCH3 is 1. The van der Waals surface area contributed by atoms with E-state index in [1.54, 1.807) is 12.0 Å². The first-order valence-electron chi connectivity index (χ1n) is 5.30. The lowest BCUT2D eigenvalue weighted by atomic mass is 10.1. The van der Waals surface area contributed by atoms with Gasteiger partial charge in [-0.25, -0.2) is 0 Å². The van der Waals surface area contributed by atoms with Gasteiger partial charge < -0.3 is 9.47 Å². The van der Waals surface area contributed by atoms with Gasteiger partial charge in [-0.05, 0) is 13.0 Å². The molecule has 0 fully saturated rings. The summed E-state index contributed by atoms with van der Waals surface area (Å²) in [6, 6.07) is 7.51. The van der Waals surface area contributed by atoms with Crippen molar-refractivity contribution in [2.75, 3.05) is 20.4 Å². The van der Waals surface area contributed by atoms with Crippen molar-refractivity contribution in [2.24, 2.45) is 0 Å². The maximum atomic E-state index is 12.0. The molecule has 0 spiro atoms. The molecule has 1 aromatic carbocycles. The zero-order valence-corrected chi connectivity index (χ0v) is 9.47. The number of amides is 1. The van der Waals surface area contributed by atoms with Crippen LogP contribution in [0.25, 0.3) is 0 Å². The molecule has 0 aliphatic carbocycles. The Morgan fingerprint density at radius 1 is 1.38 bits per heavy atom. The molecule has 4 nitrogen and oxygen atoms in total. The number of hydrogen-bond acceptors (Lipinski definition) is 3. The normalized spacial score (nSPS) is 19.0. The maximum absolute atomic E-state index is 12.0. The highest BCUT2D eigenvalue weighted by Crippen LogP contribution is 2.33. The fourth-order valence-electron chi connectivity index (χ4n) is 1.94. The zero-order valence-electron chi connectivity index (χ0n) is 9.47. The van der Waals surface area contributed by atoms with Crippen molar-refractivity contribution in [3.8, 4) is 0 Å². The highest BCUT2D eigenvalue weighted by atomic mass is 16.5. The van der Waals surface area contributed by atoms with E-state index in [4.69, 9.17) is 9.47 Å². The molecule has 1 aliphatic rings. The van der Waals surface area contributed by atoms with E-state index >= 15 is 0 Å². The summed E-state index contributed by atoms with van der Waals surface area (Å²) in [6.45, 7) is 2.72. The van der Waals surface area contributed by atoms with Crippen LogP contribution in [0.4, 0.5) is 0 Å². The van der Waals surface area contributed by atoms with Crippen molar-refractivity contribution >= 4 is 5.91 Å². The number of benzene rings is 1. The molecular weight excluding hydrogens is 206 g/mol. The van der Waals surface area contributed by atoms with E-state index in [0.717, 1.165) is 5.56 Å². The first-order valence-corrected chi connectivity index (χ1v) is 5.30. The van der Waals surface area contributed by atoms with Crippen LogP contribution < -0.4 is 0 Å². The Kier molecular flexibility index (Phi) is 3.22. The van der Waals surface area contributed by atoms with Crippen LogP contribution in [-0.2, 0) is 9.47 Å². The third-order valence-corrected chi connectivity index (χ3v) is 2.59. The average Bonchev–Trinajstić information content (AvgIpc) is 2.57. The molecule has 16 heavy (non-hydrogen) atoms. The molecule has 1 unspecified atom stereocenters. The molecule has 1 amide bonds. The van der Waals surface area contributed by atoms with Crippen LogP contribution in [0.1, 0.15) is 29.1 Å². The van der Waals surface area contributed by atoms with E-state index in [-0.39, 0.29) is 18.9 Å². The summed E-state index contributed by atoms with van der Waals surface area (Å²) in [7, 11) is 1.57. The third kappa shape index (κ3) is 1.70. The van der Waals surface area contributed by atoms with E-state index in [2.05, 4.69) is 0 Å². The second-order valence-electron chi connectivity index (χ2n) is 3.59. The van der Waals surface area contributed by atoms with Gasteiger partial charge in [-0.3, -0.25) is 9.69 Å². The quantitative estimate of drug-likeness (QED) is 0.778. The standard InChI is InChI=1S/C12H15NO3/c1-3-16-12-10-7-5-4-6-9(10)11(14)13(12)8-15-2/h4-7,12H,3,8H2,1-2H3. The summed E-state index contributed by atoms with van der Waals surface area (Å²) in [5.41, 5.74) is 1.63. The van der Waals surface area contributed by atoms with E-state index in [1.165, 1.54) is 0 Å². The predicted molar refractivity (Wildman–Crippen MR) is 58.9 cm³/mol. The van der Waals surface area contributed by atoms with Crippen LogP contribution in [-0.4, -0.2) is 31.3 Å². The monoisotopic (exact) mass is 221 g/mol. The van der Waals surface area contributed by atoms with Gasteiger partial charge >= 0.3 is 0 Å². The molecular formula is C12H15NO3. The largest absolute Gasteiger partial charge is 0.364 e. The lowest BCUT2D eigenvalue weighted by Crippen LogP contribution is -2.31. The second-order valence-corrected chi connectivity index (χ2v) is 3.59. The van der Waals surface area contributed by atoms with Crippen LogP contribution >= 0.6 is 0 Å². The molecule has 1 aliphatic heterocycles. The minimum Gasteiger partial charge on any atom is -0.364 e. The van der Waals surface area contributed by atoms with E-state index in [9.17, 15) is 4.79 Å². The smallest absolute Gasteiger partial charge is 0.258 e. The molecule has 1 heterocycles. The number of ether oxygens (including phenoxy) is 2. The van der Waals surface area contributed by atoms with Gasteiger partial charge in [0.05, 0.1) is 0 Å². The van der Waals surface area contributed by atoms with Crippen molar-refractivity contribution in [3.05, 3.63) is 35.4 Å². The van der Waals surface area contributed by atoms with Gasteiger partial charge in [0.2, 0.25) is 0 Å². The maximum Gasteiger partial charge on any atom is 0.258 e. The summed E-state index contributed by atoms with van der Waals surface area (Å²) in [5.74, 6) is -0.0316. The molecule has 86 valence electrons. The summed E-state index contributed by atoms with van der Waals surface area (Å²) in [5, 5.41) is 0. The minimum absolute atomic E-state index is 0.0316. The molecule has 1 atom stereocenters. The Labute approximate surface area is 94.8 Å². The van der Waals surface area contributed by atoms with Crippen LogP contribution in [0.5, 0.6) is 0 Å². The van der Waals surface area contributed by atoms with Crippen molar-refractivity contribution in [2.45, 2.75) is 13.2 Å². The van der Waals surface area contributed by atoms with Gasteiger partial charge in [-0.1, -0.05) is 18.2 Å². The van der Waals surface area contributed by atoms with Gasteiger partial charge in [0.25, 0.3) is 5.91 Å². The molecule has 0 bridgehead atoms. The Morgan fingerprint density at radius 3 is 2.81 bits per heavy atom. The Bertz CT molecular complexity index is 392. The third-order valence-electron chi connectivity index (χ3n) is 2.59. The highest BCUT2D eigenvalue weighted by Gasteiger charge is 2.36. The molecule has 1 aromatic rings. The molecule has 0 N–H and O–H groups in total. The first-order chi connectivity index (χ1) is 7.79. The Hall–Kier alpha value is -1.39. The van der Waals surface area contributed by atoms with Crippen LogP contribution in [0.2, 0.25) is 0 Å². The number of fused-ring (bicyclic) bond motifs is 1. The minimum atomic E-state index is -0.311. The summed E-state index contributed by atoms with van der Waals surface area (Å²) in [4.78, 5) is 13.6. The van der Waals surface area contributed by atoms with Gasteiger partial charge in [-0.2, -0.15) is 0 Å². The summed E-state index contributed by atoms with van der Waals surface area (Å²) < 4.78 is 10.6. The topological polar surface area (TPSA) is 38.8 Å². The lowest BCUT2D eigenvalue weighted by Gasteiger charge is -2.23. The number of hydrogen-bond donors (Lipinski definition) is 0. The van der Waals surface area contributed by atoms with E-state index in [0.29, 0.717) is 12.2 Å². The summed E-state index contributed by atoms with van der Waals surface area (Å²) in [6.07, 6.45) is -0.311. The Morgan fingerprint density at radius 2 is 2.12 bits per heavy atom. The lowest BCUT2D eigenvalue weighted by molar-refractivity contribution is -0.0711. The molecule has 0 radical (unpaired) electrons. The first kappa shape index (κ1) is 11.1. The average molecular weight is 221 g/mol. The zero-order chi connectivity index (χ0) is 11.5. The van der Waals surface area contributed by atoms with Crippen LogP contribution in [0, 0.1) is 0 Å². The van der Waals surface area contributed by atoms with Gasteiger partial charge in [0.1, 0.15) is 6.73 Å². The summed E-state index contributed by atoms with van der Waals surface area (Å²) >= 11 is 0. The fourth-order valence-corrected chi connectivity index (χ4v) is 1.94. The van der Waals surface area contributed by atoms with Crippen molar-refractivity contribution < 1.29 is 14.3 Å². The molecule has 0 saturated carbocycles. The number of rotatable bonds is 4. The number of carbonyl (C=O) groups excluding carboxylic acids is 1. The molecule has 0 aromatic heterocycles. The van der Waals surface area contributed by atoms with E-state index in [1.807, 2.05) is 31.2 Å². The van der Waals surface area contributed by atoms with Crippen LogP contribution in [0.3, 0.4) is 0 Å². The van der Waals surface area contributed by atoms with Gasteiger partial charge in [0.15, 0.2) is 6.23 Å². The molecule has 2 rings (SSSR count). The van der Waals surface area contributed by atoms with Gasteiger partial charge in [0, 0.05) is 24.8 Å². The van der Waals surface area contributed by atoms with Crippen molar-refractivity contribution in [1.29, 1.82) is 0 Å². The predicted octanol–water partition coefficient (Wildman–Crippen LogP) is 1.78. The second kappa shape index (κ2) is 4.63. The highest BCUT2D eigenvalue weighted by molar-refractivity contribution is 5.98.